The number of hydrogen-bond donors (Lipinski definition) is 1. The Morgan fingerprint density at radius 2 is 2.40 bits per heavy atom. The van der Waals surface area contributed by atoms with Gasteiger partial charge in [0.25, 0.3) is 0 Å². The molecule has 0 atom stereocenters. The maximum atomic E-state index is 5.07. The Kier molecular flexibility index (Phi) is 1.74. The highest BCUT2D eigenvalue weighted by molar-refractivity contribution is 5.45. The molecule has 1 N–H and O–H groups in total. The summed E-state index contributed by atoms with van der Waals surface area (Å²) in [6.45, 7) is 0. The van der Waals surface area contributed by atoms with Gasteiger partial charge in [-0.15, -0.1) is 0 Å². The summed E-state index contributed by atoms with van der Waals surface area (Å²) in [4.78, 5) is 8.37. The average Bonchev–Trinajstić information content (AvgIpc) is 2.74. The molecule has 3 rings (SSSR count). The van der Waals surface area contributed by atoms with Gasteiger partial charge in [0.2, 0.25) is 5.82 Å². The minimum atomic E-state index is 0.482. The van der Waals surface area contributed by atoms with Crippen LogP contribution in [0, 0.1) is 0 Å². The molecule has 0 bridgehead atoms. The van der Waals surface area contributed by atoms with E-state index in [1.54, 1.807) is 6.20 Å². The van der Waals surface area contributed by atoms with Crippen LogP contribution in [-0.2, 0) is 7.05 Å². The van der Waals surface area contributed by atoms with E-state index in [2.05, 4.69) is 20.4 Å². The number of nitrogens with zero attached hydrogens (tertiary/aromatic N) is 4. The van der Waals surface area contributed by atoms with Crippen molar-refractivity contribution >= 4 is 6.01 Å². The normalized spacial score (nSPS) is 15.5. The van der Waals surface area contributed by atoms with Gasteiger partial charge in [-0.3, -0.25) is 0 Å². The second kappa shape index (κ2) is 3.08. The third kappa shape index (κ3) is 1.58. The monoisotopic (exact) mass is 205 g/mol. The van der Waals surface area contributed by atoms with Crippen LogP contribution in [0.3, 0.4) is 0 Å². The largest absolute Gasteiger partial charge is 0.335 e. The number of aromatic nitrogens is 4. The van der Waals surface area contributed by atoms with Crippen molar-refractivity contribution in [3.8, 4) is 11.6 Å². The van der Waals surface area contributed by atoms with Gasteiger partial charge in [0.05, 0.1) is 0 Å². The average molecular weight is 205 g/mol. The van der Waals surface area contributed by atoms with Crippen molar-refractivity contribution in [1.29, 1.82) is 0 Å². The summed E-state index contributed by atoms with van der Waals surface area (Å²) >= 11 is 0. The van der Waals surface area contributed by atoms with Crippen molar-refractivity contribution in [3.63, 3.8) is 0 Å². The van der Waals surface area contributed by atoms with Crippen LogP contribution < -0.4 is 5.32 Å². The summed E-state index contributed by atoms with van der Waals surface area (Å²) in [7, 11) is 1.90. The fraction of sp³-hybridized carbons (Fsp3) is 0.444. The first-order valence-corrected chi connectivity index (χ1v) is 4.91. The minimum absolute atomic E-state index is 0.482. The number of aryl methyl sites for hydroxylation is 1. The van der Waals surface area contributed by atoms with E-state index in [9.17, 15) is 0 Å². The van der Waals surface area contributed by atoms with Crippen molar-refractivity contribution < 1.29 is 4.52 Å². The molecule has 0 spiro atoms. The highest BCUT2D eigenvalue weighted by atomic mass is 16.5. The molecule has 0 saturated heterocycles. The number of imidazole rings is 1. The summed E-state index contributed by atoms with van der Waals surface area (Å²) in [5.41, 5.74) is 0. The Bertz CT molecular complexity index is 470. The van der Waals surface area contributed by atoms with E-state index < -0.39 is 0 Å². The van der Waals surface area contributed by atoms with Gasteiger partial charge in [-0.1, -0.05) is 5.16 Å². The molecule has 0 aliphatic heterocycles. The van der Waals surface area contributed by atoms with Gasteiger partial charge in [0.1, 0.15) is 0 Å². The zero-order valence-electron chi connectivity index (χ0n) is 8.34. The number of hydrogen-bond acceptors (Lipinski definition) is 5. The van der Waals surface area contributed by atoms with Gasteiger partial charge in [0.15, 0.2) is 5.82 Å². The zero-order chi connectivity index (χ0) is 10.3. The Morgan fingerprint density at radius 1 is 1.53 bits per heavy atom. The van der Waals surface area contributed by atoms with Crippen LogP contribution in [0.5, 0.6) is 0 Å². The van der Waals surface area contributed by atoms with Gasteiger partial charge in [-0.05, 0) is 12.8 Å². The predicted octanol–water partition coefficient (Wildman–Crippen LogP) is 1.04. The first-order chi connectivity index (χ1) is 7.33. The van der Waals surface area contributed by atoms with Gasteiger partial charge in [0, 0.05) is 25.5 Å². The first kappa shape index (κ1) is 8.46. The summed E-state index contributed by atoms with van der Waals surface area (Å²) in [5, 5.41) is 7.01. The van der Waals surface area contributed by atoms with E-state index in [0.717, 1.165) is 0 Å². The Hall–Kier alpha value is -1.85. The van der Waals surface area contributed by atoms with Crippen molar-refractivity contribution in [2.24, 2.45) is 7.05 Å². The standard InChI is InChI=1S/C9H11N5O/c1-14-5-4-10-8(14)7-12-9(15-13-7)11-6-2-3-6/h4-6H,2-3H2,1H3,(H,11,12,13). The van der Waals surface area contributed by atoms with E-state index in [0.29, 0.717) is 23.7 Å². The number of anilines is 1. The zero-order valence-corrected chi connectivity index (χ0v) is 8.34. The van der Waals surface area contributed by atoms with E-state index >= 15 is 0 Å². The van der Waals surface area contributed by atoms with Crippen LogP contribution in [0.2, 0.25) is 0 Å². The smallest absolute Gasteiger partial charge is 0.322 e. The van der Waals surface area contributed by atoms with Crippen molar-refractivity contribution in [2.45, 2.75) is 18.9 Å². The maximum Gasteiger partial charge on any atom is 0.322 e. The summed E-state index contributed by atoms with van der Waals surface area (Å²) < 4.78 is 6.92. The van der Waals surface area contributed by atoms with Crippen molar-refractivity contribution in [3.05, 3.63) is 12.4 Å². The number of nitrogens with one attached hydrogen (secondary N) is 1. The lowest BCUT2D eigenvalue weighted by atomic mass is 10.6. The molecule has 1 fully saturated rings. The predicted molar refractivity (Wildman–Crippen MR) is 53.1 cm³/mol. The molecule has 2 aromatic heterocycles. The second-order valence-electron chi connectivity index (χ2n) is 3.70. The molecule has 0 amide bonds. The van der Waals surface area contributed by atoms with Gasteiger partial charge in [-0.25, -0.2) is 4.98 Å². The molecule has 0 radical (unpaired) electrons. The van der Waals surface area contributed by atoms with Crippen LogP contribution in [-0.4, -0.2) is 25.7 Å². The fourth-order valence-electron chi connectivity index (χ4n) is 1.36. The quantitative estimate of drug-likeness (QED) is 0.810. The Labute approximate surface area is 86.3 Å². The summed E-state index contributed by atoms with van der Waals surface area (Å²) in [6, 6.07) is 0.996. The molecule has 78 valence electrons. The van der Waals surface area contributed by atoms with E-state index in [1.807, 2.05) is 17.8 Å². The number of rotatable bonds is 3. The third-order valence-electron chi connectivity index (χ3n) is 2.35. The molecule has 6 nitrogen and oxygen atoms in total. The summed E-state index contributed by atoms with van der Waals surface area (Å²) in [5.74, 6) is 1.23. The lowest BCUT2D eigenvalue weighted by Crippen LogP contribution is -2.00. The van der Waals surface area contributed by atoms with Crippen LogP contribution in [0.25, 0.3) is 11.6 Å². The first-order valence-electron chi connectivity index (χ1n) is 4.91. The van der Waals surface area contributed by atoms with Crippen molar-refractivity contribution in [2.75, 3.05) is 5.32 Å². The van der Waals surface area contributed by atoms with Crippen LogP contribution in [0.15, 0.2) is 16.9 Å². The Balaban J connectivity index is 1.86. The third-order valence-corrected chi connectivity index (χ3v) is 2.35. The Morgan fingerprint density at radius 3 is 3.07 bits per heavy atom. The van der Waals surface area contributed by atoms with Gasteiger partial charge < -0.3 is 14.4 Å². The molecule has 1 aliphatic carbocycles. The van der Waals surface area contributed by atoms with Gasteiger partial charge >= 0.3 is 6.01 Å². The minimum Gasteiger partial charge on any atom is -0.335 e. The molecule has 0 unspecified atom stereocenters. The molecule has 2 heterocycles. The van der Waals surface area contributed by atoms with E-state index in [1.165, 1.54) is 12.8 Å². The second-order valence-corrected chi connectivity index (χ2v) is 3.70. The molecule has 15 heavy (non-hydrogen) atoms. The van der Waals surface area contributed by atoms with Gasteiger partial charge in [-0.2, -0.15) is 4.98 Å². The lowest BCUT2D eigenvalue weighted by molar-refractivity contribution is 0.431. The highest BCUT2D eigenvalue weighted by Crippen LogP contribution is 2.24. The van der Waals surface area contributed by atoms with E-state index in [4.69, 9.17) is 4.52 Å². The van der Waals surface area contributed by atoms with Crippen molar-refractivity contribution in [1.82, 2.24) is 19.7 Å². The lowest BCUT2D eigenvalue weighted by Gasteiger charge is -1.94. The fourth-order valence-corrected chi connectivity index (χ4v) is 1.36. The van der Waals surface area contributed by atoms with Crippen LogP contribution in [0.1, 0.15) is 12.8 Å². The molecule has 1 aliphatic rings. The molecule has 0 aromatic carbocycles. The molecular weight excluding hydrogens is 194 g/mol. The molecule has 1 saturated carbocycles. The van der Waals surface area contributed by atoms with Crippen LogP contribution >= 0.6 is 0 Å². The molecular formula is C9H11N5O. The molecule has 6 heteroatoms. The summed E-state index contributed by atoms with van der Waals surface area (Å²) in [6.07, 6.45) is 5.92. The maximum absolute atomic E-state index is 5.07. The van der Waals surface area contributed by atoms with E-state index in [-0.39, 0.29) is 0 Å². The van der Waals surface area contributed by atoms with Crippen LogP contribution in [0.4, 0.5) is 6.01 Å². The molecule has 2 aromatic rings. The SMILES string of the molecule is Cn1ccnc1-c1noc(NC2CC2)n1. The highest BCUT2D eigenvalue weighted by Gasteiger charge is 2.23. The topological polar surface area (TPSA) is 68.8 Å².